The molecule has 22 nitrogen and oxygen atoms in total. The van der Waals surface area contributed by atoms with Crippen LogP contribution in [0.25, 0.3) is 6.08 Å². The molecule has 0 radical (unpaired) electrons. The molecular formula is C68H85N11O11. The Morgan fingerprint density at radius 1 is 0.767 bits per heavy atom. The molecule has 0 saturated heterocycles. The summed E-state index contributed by atoms with van der Waals surface area (Å²) in [4.78, 5) is 143. The first-order valence-electron chi connectivity index (χ1n) is 31.3. The molecule has 0 fully saturated rings. The number of esters is 1. The van der Waals surface area contributed by atoms with Crippen LogP contribution in [0.15, 0.2) is 102 Å². The Kier molecular flexibility index (Phi) is 25.8. The molecule has 8 N–H and O–H groups in total. The standard InChI is InChI=1S/C68H85N11O11/c1-5-30-78(31-6-2)67(88)51-35-49-23-24-50(37-58(49)75-60(69)38-51)65(86)74-53-36-52-42-77(33-27-56(52)73-40-53)41-46-19-21-48(22-20-46)64(85)71-28-11-14-63(84)90-43-47-17-15-45(16-18-47)34-59(81)57(13-10-29-72-68(70)89)76-66(87)55(44(3)4)39-54(80)12-8-7-9-32-79-61(82)25-26-62(79)83/h15-26,35-37,40,44,55,57H,5-14,27-34,38-39,41-43H2,1-4H3,(H2,69,75)(H,71,85)(H,74,86)(H,76,87)(H3,70,72,89). The number of amides is 8. The average Bonchev–Trinajstić information content (AvgIpc) is 1.59. The number of Topliss-reactive ketones (excluding diaryl/α,β-unsaturated/α-hetero) is 2. The van der Waals surface area contributed by atoms with Gasteiger partial charge in [0, 0.05) is 137 Å². The molecule has 8 amide bonds. The van der Waals surface area contributed by atoms with E-state index >= 15 is 0 Å². The Bertz CT molecular complexity index is 3330. The zero-order valence-electron chi connectivity index (χ0n) is 52.1. The predicted molar refractivity (Wildman–Crippen MR) is 341 cm³/mol. The Hall–Kier alpha value is -9.18. The van der Waals surface area contributed by atoms with Crippen molar-refractivity contribution in [2.75, 3.05) is 44.6 Å². The lowest BCUT2D eigenvalue weighted by atomic mass is 9.88. The SMILES string of the molecule is CCCN(CCC)C(=O)C1=Cc2ccc(C(=O)Nc3cnc4c(c3)CN(Cc3ccc(C(=O)NCCCC(=O)OCc5ccc(CC(=O)C(CCCNC(N)=O)NC(=O)C(CC(=O)CCCCCN6C(=O)C=CC6=O)C(C)C)cc5)cc3)CC4)cc2N=C(N)C1. The van der Waals surface area contributed by atoms with E-state index < -0.39 is 29.9 Å². The number of aliphatic imine (C=N–C) groups is 1. The smallest absolute Gasteiger partial charge is 0.312 e. The van der Waals surface area contributed by atoms with Gasteiger partial charge >= 0.3 is 12.0 Å². The molecular weight excluding hydrogens is 1150 g/mol. The van der Waals surface area contributed by atoms with Crippen LogP contribution >= 0.6 is 0 Å². The number of pyridine rings is 1. The minimum absolute atomic E-state index is 0.00164. The summed E-state index contributed by atoms with van der Waals surface area (Å²) in [5.41, 5.74) is 19.1. The zero-order chi connectivity index (χ0) is 64.7. The van der Waals surface area contributed by atoms with Gasteiger partial charge in [0.1, 0.15) is 18.2 Å². The number of ketones is 2. The van der Waals surface area contributed by atoms with Gasteiger partial charge in [-0.25, -0.2) is 9.79 Å². The summed E-state index contributed by atoms with van der Waals surface area (Å²) < 4.78 is 5.50. The molecule has 0 aliphatic carbocycles. The molecule has 0 saturated carbocycles. The molecule has 4 heterocycles. The molecule has 0 spiro atoms. The number of benzene rings is 3. The molecule has 3 aromatic carbocycles. The molecule has 478 valence electrons. The fourth-order valence-corrected chi connectivity index (χ4v) is 11.0. The molecule has 4 aromatic rings. The fraction of sp³-hybridized carbons (Fsp3) is 0.441. The maximum absolute atomic E-state index is 13.8. The number of rotatable bonds is 34. The summed E-state index contributed by atoms with van der Waals surface area (Å²) in [5, 5.41) is 11.2. The van der Waals surface area contributed by atoms with E-state index in [2.05, 4.69) is 36.1 Å². The largest absolute Gasteiger partial charge is 0.461 e. The number of anilines is 1. The lowest BCUT2D eigenvalue weighted by Crippen LogP contribution is -2.46. The molecule has 0 bridgehead atoms. The number of unbranched alkanes of at least 4 members (excludes halogenated alkanes) is 2. The van der Waals surface area contributed by atoms with Gasteiger partial charge in [-0.05, 0) is 110 Å². The number of nitrogens with two attached hydrogens (primary N) is 2. The van der Waals surface area contributed by atoms with Crippen molar-refractivity contribution in [3.63, 3.8) is 0 Å². The number of nitrogens with one attached hydrogen (secondary N) is 4. The Morgan fingerprint density at radius 2 is 1.46 bits per heavy atom. The van der Waals surface area contributed by atoms with E-state index in [1.54, 1.807) is 60.8 Å². The Labute approximate surface area is 526 Å². The van der Waals surface area contributed by atoms with Crippen molar-refractivity contribution in [2.45, 2.75) is 143 Å². The second-order valence-corrected chi connectivity index (χ2v) is 23.5. The number of amidine groups is 1. The van der Waals surface area contributed by atoms with Crippen molar-refractivity contribution < 1.29 is 52.7 Å². The van der Waals surface area contributed by atoms with Crippen molar-refractivity contribution in [1.29, 1.82) is 0 Å². The number of hydrogen-bond donors (Lipinski definition) is 6. The van der Waals surface area contributed by atoms with Gasteiger partial charge in [0.25, 0.3) is 23.6 Å². The van der Waals surface area contributed by atoms with E-state index in [0.717, 1.165) is 47.5 Å². The summed E-state index contributed by atoms with van der Waals surface area (Å²) >= 11 is 0. The van der Waals surface area contributed by atoms with E-state index in [0.29, 0.717) is 109 Å². The number of ether oxygens (including phenoxy) is 1. The minimum Gasteiger partial charge on any atom is -0.461 e. The Morgan fingerprint density at radius 3 is 2.16 bits per heavy atom. The third-order valence-electron chi connectivity index (χ3n) is 16.0. The summed E-state index contributed by atoms with van der Waals surface area (Å²) in [6.07, 6.45) is 11.5. The van der Waals surface area contributed by atoms with Crippen LogP contribution in [0.3, 0.4) is 0 Å². The van der Waals surface area contributed by atoms with E-state index in [1.807, 2.05) is 56.9 Å². The van der Waals surface area contributed by atoms with Gasteiger partial charge in [-0.15, -0.1) is 0 Å². The van der Waals surface area contributed by atoms with Crippen molar-refractivity contribution in [1.82, 2.24) is 35.6 Å². The number of imide groups is 1. The van der Waals surface area contributed by atoms with Gasteiger partial charge in [0.2, 0.25) is 11.8 Å². The monoisotopic (exact) mass is 1230 g/mol. The number of primary amides is 1. The summed E-state index contributed by atoms with van der Waals surface area (Å²) in [6, 6.07) is 19.9. The van der Waals surface area contributed by atoms with Gasteiger partial charge in [0.15, 0.2) is 5.78 Å². The molecule has 1 aromatic heterocycles. The lowest BCUT2D eigenvalue weighted by Gasteiger charge is -2.28. The van der Waals surface area contributed by atoms with Crippen molar-refractivity contribution in [3.05, 3.63) is 141 Å². The topological polar surface area (TPSA) is 315 Å². The third kappa shape index (κ3) is 20.7. The molecule has 2 atom stereocenters. The Balaban J connectivity index is 0.805. The van der Waals surface area contributed by atoms with Crippen molar-refractivity contribution in [2.24, 2.45) is 28.3 Å². The minimum atomic E-state index is -0.907. The fourth-order valence-electron chi connectivity index (χ4n) is 11.0. The van der Waals surface area contributed by atoms with Gasteiger partial charge in [-0.1, -0.05) is 76.6 Å². The number of carbonyl (C=O) groups excluding carboxylic acids is 10. The average molecular weight is 1230 g/mol. The molecule has 22 heteroatoms. The number of carbonyl (C=O) groups is 10. The van der Waals surface area contributed by atoms with Crippen LogP contribution in [0.4, 0.5) is 16.2 Å². The first-order chi connectivity index (χ1) is 43.3. The molecule has 3 aliphatic heterocycles. The van der Waals surface area contributed by atoms with Crippen LogP contribution in [0.2, 0.25) is 0 Å². The molecule has 7 rings (SSSR count). The number of urea groups is 1. The number of fused-ring (bicyclic) bond motifs is 2. The van der Waals surface area contributed by atoms with Crippen LogP contribution in [0.1, 0.15) is 159 Å². The number of hydrogen-bond acceptors (Lipinski definition) is 15. The van der Waals surface area contributed by atoms with E-state index in [4.69, 9.17) is 16.2 Å². The maximum atomic E-state index is 13.8. The van der Waals surface area contributed by atoms with Crippen LogP contribution in [0, 0.1) is 11.8 Å². The van der Waals surface area contributed by atoms with Crippen LogP contribution < -0.4 is 32.7 Å². The molecule has 3 aliphatic rings. The highest BCUT2D eigenvalue weighted by Crippen LogP contribution is 2.30. The van der Waals surface area contributed by atoms with Gasteiger partial charge in [-0.2, -0.15) is 0 Å². The summed E-state index contributed by atoms with van der Waals surface area (Å²) in [7, 11) is 0. The van der Waals surface area contributed by atoms with E-state index in [9.17, 15) is 47.9 Å². The van der Waals surface area contributed by atoms with Crippen LogP contribution in [-0.4, -0.2) is 130 Å². The lowest BCUT2D eigenvalue weighted by molar-refractivity contribution is -0.145. The summed E-state index contributed by atoms with van der Waals surface area (Å²) in [5.74, 6) is -3.17. The molecule has 90 heavy (non-hydrogen) atoms. The highest BCUT2D eigenvalue weighted by atomic mass is 16.5. The van der Waals surface area contributed by atoms with Crippen LogP contribution in [0.5, 0.6) is 0 Å². The number of aromatic nitrogens is 1. The van der Waals surface area contributed by atoms with Gasteiger partial charge < -0.3 is 42.4 Å². The predicted octanol–water partition coefficient (Wildman–Crippen LogP) is 7.33. The second-order valence-electron chi connectivity index (χ2n) is 23.5. The highest BCUT2D eigenvalue weighted by molar-refractivity contribution is 6.13. The quantitative estimate of drug-likeness (QED) is 0.0152. The second kappa shape index (κ2) is 34.0. The normalized spacial score (nSPS) is 14.3. The van der Waals surface area contributed by atoms with Crippen LogP contribution in [-0.2, 0) is 70.8 Å². The first-order valence-corrected chi connectivity index (χ1v) is 31.3. The maximum Gasteiger partial charge on any atom is 0.312 e. The third-order valence-corrected chi connectivity index (χ3v) is 16.0. The first kappa shape index (κ1) is 68.3. The van der Waals surface area contributed by atoms with E-state index in [1.165, 1.54) is 12.2 Å². The zero-order valence-corrected chi connectivity index (χ0v) is 52.1. The summed E-state index contributed by atoms with van der Waals surface area (Å²) in [6.45, 7) is 11.8. The van der Waals surface area contributed by atoms with Crippen molar-refractivity contribution >= 4 is 82.3 Å². The molecule has 2 unspecified atom stereocenters. The van der Waals surface area contributed by atoms with Gasteiger partial charge in [0.05, 0.1) is 23.6 Å². The van der Waals surface area contributed by atoms with E-state index in [-0.39, 0.29) is 112 Å². The van der Waals surface area contributed by atoms with Crippen molar-refractivity contribution in [3.8, 4) is 0 Å². The highest BCUT2D eigenvalue weighted by Gasteiger charge is 2.30. The number of nitrogens with zero attached hydrogens (tertiary/aromatic N) is 5. The van der Waals surface area contributed by atoms with Gasteiger partial charge in [-0.3, -0.25) is 57.9 Å².